The number of hydrogen-bond donors (Lipinski definition) is 1. The van der Waals surface area contributed by atoms with Crippen molar-refractivity contribution in [3.05, 3.63) is 59.1 Å². The Morgan fingerprint density at radius 2 is 2.00 bits per heavy atom. The molecule has 0 atom stereocenters. The third-order valence-corrected chi connectivity index (χ3v) is 3.53. The average Bonchev–Trinajstić information content (AvgIpc) is 2.49. The van der Waals surface area contributed by atoms with E-state index >= 15 is 0 Å². The molecule has 1 N–H and O–H groups in total. The van der Waals surface area contributed by atoms with Crippen LogP contribution in [0.25, 0.3) is 0 Å². The number of nitrogens with one attached hydrogen (secondary N) is 1. The molecule has 0 bridgehead atoms. The summed E-state index contributed by atoms with van der Waals surface area (Å²) >= 11 is 6.13. The van der Waals surface area contributed by atoms with Gasteiger partial charge in [-0.15, -0.1) is 0 Å². The molecule has 0 unspecified atom stereocenters. The lowest BCUT2D eigenvalue weighted by Gasteiger charge is -2.17. The molecule has 1 amide bonds. The van der Waals surface area contributed by atoms with Crippen LogP contribution in [0.1, 0.15) is 5.56 Å². The highest BCUT2D eigenvalue weighted by molar-refractivity contribution is 6.31. The minimum Gasteiger partial charge on any atom is -0.497 e. The molecule has 0 aromatic heterocycles. The summed E-state index contributed by atoms with van der Waals surface area (Å²) in [6, 6.07) is 14.9. The van der Waals surface area contributed by atoms with Crippen LogP contribution >= 0.6 is 11.6 Å². The smallest absolute Gasteiger partial charge is 0.238 e. The maximum atomic E-state index is 12.1. The molecule has 0 aliphatic carbocycles. The van der Waals surface area contributed by atoms with E-state index < -0.39 is 0 Å². The minimum absolute atomic E-state index is 0.0807. The van der Waals surface area contributed by atoms with Crippen molar-refractivity contribution >= 4 is 23.2 Å². The minimum atomic E-state index is -0.0807. The molecule has 0 heterocycles. The molecule has 0 fully saturated rings. The van der Waals surface area contributed by atoms with E-state index in [-0.39, 0.29) is 12.5 Å². The average molecular weight is 319 g/mol. The van der Waals surface area contributed by atoms with Crippen molar-refractivity contribution in [1.82, 2.24) is 4.90 Å². The van der Waals surface area contributed by atoms with Crippen LogP contribution in [0.4, 0.5) is 5.69 Å². The van der Waals surface area contributed by atoms with Gasteiger partial charge in [-0.1, -0.05) is 35.9 Å². The van der Waals surface area contributed by atoms with Crippen molar-refractivity contribution < 1.29 is 9.53 Å². The molecule has 0 aliphatic rings. The molecule has 22 heavy (non-hydrogen) atoms. The highest BCUT2D eigenvalue weighted by atomic mass is 35.5. The molecule has 5 heteroatoms. The SMILES string of the molecule is COc1cccc(NC(=O)CN(C)Cc2ccccc2Cl)c1. The molecular formula is C17H19ClN2O2. The van der Waals surface area contributed by atoms with Crippen LogP contribution in [0.2, 0.25) is 5.02 Å². The van der Waals surface area contributed by atoms with E-state index in [0.717, 1.165) is 11.3 Å². The zero-order valence-electron chi connectivity index (χ0n) is 12.7. The summed E-state index contributed by atoms with van der Waals surface area (Å²) in [6.45, 7) is 0.896. The van der Waals surface area contributed by atoms with Gasteiger partial charge in [-0.25, -0.2) is 0 Å². The van der Waals surface area contributed by atoms with E-state index in [0.29, 0.717) is 17.3 Å². The number of nitrogens with zero attached hydrogens (tertiary/aromatic N) is 1. The van der Waals surface area contributed by atoms with Gasteiger partial charge in [0.1, 0.15) is 5.75 Å². The van der Waals surface area contributed by atoms with Crippen LogP contribution < -0.4 is 10.1 Å². The van der Waals surface area contributed by atoms with Crippen molar-refractivity contribution in [2.24, 2.45) is 0 Å². The van der Waals surface area contributed by atoms with Crippen LogP contribution in [0, 0.1) is 0 Å². The number of carbonyl (C=O) groups is 1. The number of methoxy groups -OCH3 is 1. The van der Waals surface area contributed by atoms with Crippen molar-refractivity contribution in [3.63, 3.8) is 0 Å². The number of rotatable bonds is 6. The first kappa shape index (κ1) is 16.3. The summed E-state index contributed by atoms with van der Waals surface area (Å²) in [6.07, 6.45) is 0. The normalized spacial score (nSPS) is 10.5. The fraction of sp³-hybridized carbons (Fsp3) is 0.235. The Morgan fingerprint density at radius 3 is 2.73 bits per heavy atom. The van der Waals surface area contributed by atoms with E-state index in [4.69, 9.17) is 16.3 Å². The summed E-state index contributed by atoms with van der Waals surface area (Å²) in [5.74, 6) is 0.630. The number of benzene rings is 2. The summed E-state index contributed by atoms with van der Waals surface area (Å²) in [5, 5.41) is 3.57. The molecule has 116 valence electrons. The van der Waals surface area contributed by atoms with Crippen molar-refractivity contribution in [3.8, 4) is 5.75 Å². The first-order valence-electron chi connectivity index (χ1n) is 6.94. The highest BCUT2D eigenvalue weighted by Crippen LogP contribution is 2.18. The van der Waals surface area contributed by atoms with Gasteiger partial charge in [0.15, 0.2) is 0 Å². The lowest BCUT2D eigenvalue weighted by atomic mass is 10.2. The third kappa shape index (κ3) is 4.76. The zero-order valence-corrected chi connectivity index (χ0v) is 13.4. The van der Waals surface area contributed by atoms with Crippen LogP contribution in [0.15, 0.2) is 48.5 Å². The maximum absolute atomic E-state index is 12.1. The molecule has 0 aliphatic heterocycles. The predicted octanol–water partition coefficient (Wildman–Crippen LogP) is 3.42. The Morgan fingerprint density at radius 1 is 1.23 bits per heavy atom. The number of halogens is 1. The molecule has 0 radical (unpaired) electrons. The van der Waals surface area contributed by atoms with Gasteiger partial charge in [0.2, 0.25) is 5.91 Å². The highest BCUT2D eigenvalue weighted by Gasteiger charge is 2.09. The van der Waals surface area contributed by atoms with E-state index in [1.165, 1.54) is 0 Å². The van der Waals surface area contributed by atoms with Crippen LogP contribution in [-0.4, -0.2) is 31.5 Å². The van der Waals surface area contributed by atoms with Gasteiger partial charge in [-0.2, -0.15) is 0 Å². The monoisotopic (exact) mass is 318 g/mol. The maximum Gasteiger partial charge on any atom is 0.238 e. The lowest BCUT2D eigenvalue weighted by Crippen LogP contribution is -2.29. The first-order valence-corrected chi connectivity index (χ1v) is 7.32. The Labute approximate surface area is 135 Å². The molecule has 2 rings (SSSR count). The van der Waals surface area contributed by atoms with Gasteiger partial charge < -0.3 is 10.1 Å². The first-order chi connectivity index (χ1) is 10.6. The molecule has 2 aromatic carbocycles. The standard InChI is InChI=1S/C17H19ClN2O2/c1-20(11-13-6-3-4-9-16(13)18)12-17(21)19-14-7-5-8-15(10-14)22-2/h3-10H,11-12H2,1-2H3,(H,19,21). The number of hydrogen-bond acceptors (Lipinski definition) is 3. The van der Waals surface area contributed by atoms with Gasteiger partial charge >= 0.3 is 0 Å². The second-order valence-corrected chi connectivity index (χ2v) is 5.45. The van der Waals surface area contributed by atoms with E-state index in [1.807, 2.05) is 54.4 Å². The molecule has 0 spiro atoms. The number of likely N-dealkylation sites (N-methyl/N-ethyl adjacent to an activating group) is 1. The Hall–Kier alpha value is -2.04. The zero-order chi connectivity index (χ0) is 15.9. The summed E-state index contributed by atoms with van der Waals surface area (Å²) in [4.78, 5) is 14.0. The second-order valence-electron chi connectivity index (χ2n) is 5.04. The summed E-state index contributed by atoms with van der Waals surface area (Å²) in [7, 11) is 3.48. The van der Waals surface area contributed by atoms with Gasteiger partial charge in [0.25, 0.3) is 0 Å². The van der Waals surface area contributed by atoms with E-state index in [2.05, 4.69) is 5.32 Å². The summed E-state index contributed by atoms with van der Waals surface area (Å²) < 4.78 is 5.13. The van der Waals surface area contributed by atoms with Crippen LogP contribution in [0.3, 0.4) is 0 Å². The topological polar surface area (TPSA) is 41.6 Å². The van der Waals surface area contributed by atoms with Crippen molar-refractivity contribution in [2.45, 2.75) is 6.54 Å². The molecule has 4 nitrogen and oxygen atoms in total. The van der Waals surface area contributed by atoms with Gasteiger partial charge in [0, 0.05) is 23.3 Å². The van der Waals surface area contributed by atoms with Gasteiger partial charge in [-0.3, -0.25) is 9.69 Å². The largest absolute Gasteiger partial charge is 0.497 e. The molecule has 2 aromatic rings. The lowest BCUT2D eigenvalue weighted by molar-refractivity contribution is -0.117. The molecule has 0 saturated carbocycles. The quantitative estimate of drug-likeness (QED) is 0.887. The van der Waals surface area contributed by atoms with Gasteiger partial charge in [-0.05, 0) is 30.8 Å². The van der Waals surface area contributed by atoms with Gasteiger partial charge in [0.05, 0.1) is 13.7 Å². The fourth-order valence-corrected chi connectivity index (χ4v) is 2.32. The summed E-state index contributed by atoms with van der Waals surface area (Å²) in [5.41, 5.74) is 1.72. The Balaban J connectivity index is 1.90. The van der Waals surface area contributed by atoms with Crippen molar-refractivity contribution in [2.75, 3.05) is 26.0 Å². The number of anilines is 1. The Bertz CT molecular complexity index is 646. The van der Waals surface area contributed by atoms with E-state index in [9.17, 15) is 4.79 Å². The van der Waals surface area contributed by atoms with Crippen molar-refractivity contribution in [1.29, 1.82) is 0 Å². The number of carbonyl (C=O) groups excluding carboxylic acids is 1. The molecular weight excluding hydrogens is 300 g/mol. The molecule has 0 saturated heterocycles. The number of amides is 1. The third-order valence-electron chi connectivity index (χ3n) is 3.17. The van der Waals surface area contributed by atoms with Crippen LogP contribution in [0.5, 0.6) is 5.75 Å². The second kappa shape index (κ2) is 7.82. The van der Waals surface area contributed by atoms with Crippen LogP contribution in [-0.2, 0) is 11.3 Å². The predicted molar refractivity (Wildman–Crippen MR) is 89.4 cm³/mol. The number of ether oxygens (including phenoxy) is 1. The fourth-order valence-electron chi connectivity index (χ4n) is 2.12. The Kier molecular flexibility index (Phi) is 5.81. The van der Waals surface area contributed by atoms with E-state index in [1.54, 1.807) is 13.2 Å².